The van der Waals surface area contributed by atoms with Gasteiger partial charge in [-0.05, 0) is 68.7 Å². The van der Waals surface area contributed by atoms with Gasteiger partial charge >= 0.3 is 0 Å². The van der Waals surface area contributed by atoms with Crippen molar-refractivity contribution in [3.8, 4) is 10.9 Å². The molecule has 0 unspecified atom stereocenters. The number of rotatable bonds is 7. The van der Waals surface area contributed by atoms with Gasteiger partial charge in [0.25, 0.3) is 5.19 Å². The second-order valence-corrected chi connectivity index (χ2v) is 8.92. The van der Waals surface area contributed by atoms with Gasteiger partial charge in [0.15, 0.2) is 5.82 Å². The van der Waals surface area contributed by atoms with Crippen molar-refractivity contribution in [1.29, 1.82) is 0 Å². The van der Waals surface area contributed by atoms with Crippen LogP contribution in [0.3, 0.4) is 0 Å². The molecular formula is C22H25BrN4OS. The molecule has 0 bridgehead atoms. The Morgan fingerprint density at radius 1 is 1.17 bits per heavy atom. The molecule has 0 aliphatic rings. The molecule has 0 amide bonds. The topological polar surface area (TPSA) is 50.6 Å². The minimum Gasteiger partial charge on any atom is -0.430 e. The van der Waals surface area contributed by atoms with E-state index in [9.17, 15) is 0 Å². The van der Waals surface area contributed by atoms with Crippen LogP contribution in [0.2, 0.25) is 0 Å². The number of nitrogens with zero attached hydrogens (tertiary/aromatic N) is 4. The van der Waals surface area contributed by atoms with Crippen molar-refractivity contribution in [1.82, 2.24) is 14.3 Å². The first-order chi connectivity index (χ1) is 13.8. The lowest BCUT2D eigenvalue weighted by Crippen LogP contribution is -2.24. The van der Waals surface area contributed by atoms with Crippen molar-refractivity contribution < 1.29 is 4.74 Å². The monoisotopic (exact) mass is 472 g/mol. The van der Waals surface area contributed by atoms with Gasteiger partial charge in [-0.3, -0.25) is 0 Å². The summed E-state index contributed by atoms with van der Waals surface area (Å²) >= 11 is 4.73. The van der Waals surface area contributed by atoms with E-state index in [4.69, 9.17) is 4.74 Å². The molecule has 0 saturated carbocycles. The third kappa shape index (κ3) is 5.87. The Labute approximate surface area is 184 Å². The SMILES string of the molecule is Cc1cc(Oc2nc(Cc3ccc(Br)cc3)ns2)c(C)cc1N=CN(C)C(C)C. The van der Waals surface area contributed by atoms with Crippen LogP contribution in [0.5, 0.6) is 10.9 Å². The van der Waals surface area contributed by atoms with Crippen LogP contribution in [-0.2, 0) is 6.42 Å². The summed E-state index contributed by atoms with van der Waals surface area (Å²) in [6.07, 6.45) is 2.55. The van der Waals surface area contributed by atoms with E-state index in [-0.39, 0.29) is 0 Å². The number of aliphatic imine (C=N–C) groups is 1. The van der Waals surface area contributed by atoms with Crippen LogP contribution in [0.4, 0.5) is 5.69 Å². The number of halogens is 1. The highest BCUT2D eigenvalue weighted by Gasteiger charge is 2.11. The first-order valence-corrected chi connectivity index (χ1v) is 11.0. The highest BCUT2D eigenvalue weighted by Crippen LogP contribution is 2.32. The molecule has 0 saturated heterocycles. The maximum absolute atomic E-state index is 6.02. The van der Waals surface area contributed by atoms with E-state index in [1.807, 2.05) is 51.5 Å². The van der Waals surface area contributed by atoms with Gasteiger partial charge in [0.1, 0.15) is 5.75 Å². The fraction of sp³-hybridized carbons (Fsp3) is 0.318. The van der Waals surface area contributed by atoms with Gasteiger partial charge in [-0.1, -0.05) is 28.1 Å². The van der Waals surface area contributed by atoms with Crippen LogP contribution in [0.25, 0.3) is 0 Å². The second-order valence-electron chi connectivity index (χ2n) is 7.29. The summed E-state index contributed by atoms with van der Waals surface area (Å²) in [5, 5.41) is 0.551. The standard InChI is InChI=1S/C22H25BrN4OS/c1-14(2)27(5)13-24-19-10-16(4)20(11-15(19)3)28-22-25-21(26-29-22)12-17-6-8-18(23)9-7-17/h6-11,13-14H,12H2,1-5H3. The maximum Gasteiger partial charge on any atom is 0.298 e. The zero-order valence-corrected chi connectivity index (χ0v) is 19.7. The molecule has 0 aliphatic carbocycles. The molecule has 0 aliphatic heterocycles. The molecule has 0 N–H and O–H groups in total. The molecule has 0 radical (unpaired) electrons. The van der Waals surface area contributed by atoms with Crippen molar-refractivity contribution in [2.24, 2.45) is 4.99 Å². The molecule has 0 fully saturated rings. The lowest BCUT2D eigenvalue weighted by atomic mass is 10.1. The summed E-state index contributed by atoms with van der Waals surface area (Å²) in [6, 6.07) is 12.6. The normalized spacial score (nSPS) is 11.4. The van der Waals surface area contributed by atoms with Gasteiger partial charge in [0.05, 0.1) is 12.0 Å². The van der Waals surface area contributed by atoms with Gasteiger partial charge in [0, 0.05) is 35.5 Å². The summed E-state index contributed by atoms with van der Waals surface area (Å²) in [7, 11) is 2.02. The van der Waals surface area contributed by atoms with Crippen LogP contribution in [0.1, 0.15) is 36.4 Å². The maximum atomic E-state index is 6.02. The number of hydrogen-bond acceptors (Lipinski definition) is 5. The van der Waals surface area contributed by atoms with E-state index in [0.717, 1.165) is 38.4 Å². The third-order valence-electron chi connectivity index (χ3n) is 4.61. The van der Waals surface area contributed by atoms with Crippen molar-refractivity contribution >= 4 is 39.5 Å². The first kappa shape index (κ1) is 21.5. The quantitative estimate of drug-likeness (QED) is 0.299. The summed E-state index contributed by atoms with van der Waals surface area (Å²) in [6.45, 7) is 8.32. The number of ether oxygens (including phenoxy) is 1. The fourth-order valence-electron chi connectivity index (χ4n) is 2.54. The van der Waals surface area contributed by atoms with Crippen LogP contribution >= 0.6 is 27.5 Å². The van der Waals surface area contributed by atoms with Crippen LogP contribution in [0, 0.1) is 13.8 Å². The highest BCUT2D eigenvalue weighted by atomic mass is 79.9. The first-order valence-electron chi connectivity index (χ1n) is 9.44. The van der Waals surface area contributed by atoms with Gasteiger partial charge in [-0.2, -0.15) is 9.36 Å². The molecule has 3 aromatic rings. The third-order valence-corrected chi connectivity index (χ3v) is 5.77. The minimum atomic E-state index is 0.409. The predicted molar refractivity (Wildman–Crippen MR) is 124 cm³/mol. The van der Waals surface area contributed by atoms with Crippen molar-refractivity contribution in [2.75, 3.05) is 7.05 Å². The number of hydrogen-bond donors (Lipinski definition) is 0. The van der Waals surface area contributed by atoms with E-state index < -0.39 is 0 Å². The molecule has 0 spiro atoms. The van der Waals surface area contributed by atoms with E-state index in [2.05, 4.69) is 61.2 Å². The highest BCUT2D eigenvalue weighted by molar-refractivity contribution is 9.10. The van der Waals surface area contributed by atoms with Gasteiger partial charge in [-0.15, -0.1) is 0 Å². The number of aromatic nitrogens is 2. The fourth-order valence-corrected chi connectivity index (χ4v) is 3.37. The summed E-state index contributed by atoms with van der Waals surface area (Å²) in [5.74, 6) is 1.55. The Bertz CT molecular complexity index is 999. The molecule has 152 valence electrons. The summed E-state index contributed by atoms with van der Waals surface area (Å²) in [4.78, 5) is 11.2. The molecule has 29 heavy (non-hydrogen) atoms. The average molecular weight is 473 g/mol. The van der Waals surface area contributed by atoms with Crippen molar-refractivity contribution in [3.63, 3.8) is 0 Å². The van der Waals surface area contributed by atoms with E-state index in [0.29, 0.717) is 17.7 Å². The average Bonchev–Trinajstić information content (AvgIpc) is 3.11. The lowest BCUT2D eigenvalue weighted by Gasteiger charge is -2.17. The number of benzene rings is 2. The van der Waals surface area contributed by atoms with E-state index >= 15 is 0 Å². The zero-order valence-electron chi connectivity index (χ0n) is 17.3. The molecule has 0 atom stereocenters. The predicted octanol–water partition coefficient (Wildman–Crippen LogP) is 6.30. The molecule has 1 aromatic heterocycles. The van der Waals surface area contributed by atoms with Gasteiger partial charge in [0.2, 0.25) is 0 Å². The Hall–Kier alpha value is -2.25. The van der Waals surface area contributed by atoms with Gasteiger partial charge in [-0.25, -0.2) is 4.99 Å². The Morgan fingerprint density at radius 2 is 1.90 bits per heavy atom. The molecule has 7 heteroatoms. The number of aryl methyl sites for hydroxylation is 2. The molecule has 5 nitrogen and oxygen atoms in total. The Balaban J connectivity index is 1.71. The molecule has 2 aromatic carbocycles. The van der Waals surface area contributed by atoms with Crippen molar-refractivity contribution in [3.05, 3.63) is 63.4 Å². The van der Waals surface area contributed by atoms with E-state index in [1.165, 1.54) is 11.5 Å². The summed E-state index contributed by atoms with van der Waals surface area (Å²) < 4.78 is 11.5. The smallest absolute Gasteiger partial charge is 0.298 e. The molecule has 3 rings (SSSR count). The zero-order chi connectivity index (χ0) is 21.0. The van der Waals surface area contributed by atoms with Gasteiger partial charge < -0.3 is 9.64 Å². The second kappa shape index (κ2) is 9.50. The van der Waals surface area contributed by atoms with Crippen molar-refractivity contribution in [2.45, 2.75) is 40.2 Å². The van der Waals surface area contributed by atoms with E-state index in [1.54, 1.807) is 0 Å². The Morgan fingerprint density at radius 3 is 2.59 bits per heavy atom. The Kier molecular flexibility index (Phi) is 7.03. The largest absolute Gasteiger partial charge is 0.430 e. The lowest BCUT2D eigenvalue weighted by molar-refractivity contribution is 0.429. The van der Waals surface area contributed by atoms with Crippen LogP contribution < -0.4 is 4.74 Å². The molecule has 1 heterocycles. The van der Waals surface area contributed by atoms with Crippen LogP contribution in [0.15, 0.2) is 45.9 Å². The molecular weight excluding hydrogens is 448 g/mol. The minimum absolute atomic E-state index is 0.409. The summed E-state index contributed by atoms with van der Waals surface area (Å²) in [5.41, 5.74) is 4.17. The van der Waals surface area contributed by atoms with Crippen LogP contribution in [-0.4, -0.2) is 33.7 Å².